The van der Waals surface area contributed by atoms with E-state index in [-0.39, 0.29) is 6.61 Å². The molecule has 1 amide bonds. The molecule has 0 fully saturated rings. The van der Waals surface area contributed by atoms with Gasteiger partial charge in [-0.05, 0) is 43.2 Å². The van der Waals surface area contributed by atoms with Crippen molar-refractivity contribution in [2.75, 3.05) is 11.9 Å². The van der Waals surface area contributed by atoms with Crippen molar-refractivity contribution >= 4 is 34.5 Å². The lowest BCUT2D eigenvalue weighted by atomic mass is 10.1. The molecule has 0 aliphatic carbocycles. The Morgan fingerprint density at radius 2 is 1.97 bits per heavy atom. The molecule has 0 saturated heterocycles. The van der Waals surface area contributed by atoms with Crippen molar-refractivity contribution in [3.63, 3.8) is 0 Å². The molecule has 1 aromatic heterocycles. The summed E-state index contributed by atoms with van der Waals surface area (Å²) in [5.74, 6) is -0.987. The Morgan fingerprint density at radius 1 is 1.17 bits per heavy atom. The first-order chi connectivity index (χ1) is 14.5. The van der Waals surface area contributed by atoms with Crippen molar-refractivity contribution in [3.8, 4) is 6.07 Å². The number of amides is 1. The first-order valence-corrected chi connectivity index (χ1v) is 9.65. The molecule has 6 heteroatoms. The Balaban J connectivity index is 1.62. The molecule has 0 spiro atoms. The van der Waals surface area contributed by atoms with Crippen LogP contribution in [-0.4, -0.2) is 23.1 Å². The van der Waals surface area contributed by atoms with E-state index in [9.17, 15) is 9.59 Å². The highest BCUT2D eigenvalue weighted by atomic mass is 16.5. The first kappa shape index (κ1) is 20.9. The van der Waals surface area contributed by atoms with Crippen molar-refractivity contribution in [1.29, 1.82) is 5.26 Å². The van der Waals surface area contributed by atoms with Crippen molar-refractivity contribution in [2.45, 2.75) is 26.8 Å². The lowest BCUT2D eigenvalue weighted by Crippen LogP contribution is -2.20. The van der Waals surface area contributed by atoms with Crippen LogP contribution in [0.15, 0.2) is 54.7 Å². The van der Waals surface area contributed by atoms with Crippen molar-refractivity contribution < 1.29 is 14.3 Å². The number of nitriles is 1. The summed E-state index contributed by atoms with van der Waals surface area (Å²) in [5, 5.41) is 12.6. The Morgan fingerprint density at radius 3 is 2.77 bits per heavy atom. The maximum atomic E-state index is 12.1. The number of rotatable bonds is 7. The smallest absolute Gasteiger partial charge is 0.331 e. The van der Waals surface area contributed by atoms with Gasteiger partial charge in [-0.15, -0.1) is 0 Å². The number of hydrogen-bond donors (Lipinski definition) is 1. The third-order valence-corrected chi connectivity index (χ3v) is 4.91. The standard InChI is InChI=1S/C24H23N3O3/c1-17-7-5-9-21(18(17)2)26-23(28)16-30-24(29)12-11-19-15-27(14-6-13-25)22-10-4-3-8-20(19)22/h3-5,7-12,15H,6,14,16H2,1-2H3,(H,26,28)/b12-11+. The molecule has 0 aliphatic heterocycles. The molecule has 1 N–H and O–H groups in total. The van der Waals surface area contributed by atoms with E-state index in [0.29, 0.717) is 18.7 Å². The van der Waals surface area contributed by atoms with Crippen LogP contribution in [0.4, 0.5) is 5.69 Å². The molecule has 2 aromatic carbocycles. The van der Waals surface area contributed by atoms with Crippen LogP contribution in [0.25, 0.3) is 17.0 Å². The Hall–Kier alpha value is -3.85. The normalized spacial score (nSPS) is 10.8. The maximum absolute atomic E-state index is 12.1. The number of hydrogen-bond acceptors (Lipinski definition) is 4. The highest BCUT2D eigenvalue weighted by Gasteiger charge is 2.09. The predicted octanol–water partition coefficient (Wildman–Crippen LogP) is 4.37. The third kappa shape index (κ3) is 4.95. The van der Waals surface area contributed by atoms with Crippen molar-refractivity contribution in [1.82, 2.24) is 4.57 Å². The molecular weight excluding hydrogens is 378 g/mol. The monoisotopic (exact) mass is 401 g/mol. The quantitative estimate of drug-likeness (QED) is 0.471. The summed E-state index contributed by atoms with van der Waals surface area (Å²) in [5.41, 5.74) is 4.59. The number of benzene rings is 2. The van der Waals surface area contributed by atoms with E-state index in [0.717, 1.165) is 27.6 Å². The fourth-order valence-corrected chi connectivity index (χ4v) is 3.18. The molecule has 0 atom stereocenters. The number of nitrogens with zero attached hydrogens (tertiary/aromatic N) is 2. The minimum Gasteiger partial charge on any atom is -0.452 e. The predicted molar refractivity (Wildman–Crippen MR) is 117 cm³/mol. The van der Waals surface area contributed by atoms with Crippen molar-refractivity contribution in [3.05, 3.63) is 71.4 Å². The zero-order valence-electron chi connectivity index (χ0n) is 17.0. The summed E-state index contributed by atoms with van der Waals surface area (Å²) in [6.45, 7) is 4.11. The van der Waals surface area contributed by atoms with Gasteiger partial charge in [0.15, 0.2) is 6.61 Å². The highest BCUT2D eigenvalue weighted by molar-refractivity contribution is 5.97. The summed E-state index contributed by atoms with van der Waals surface area (Å²) in [7, 11) is 0. The van der Waals surface area contributed by atoms with Crippen LogP contribution in [0.2, 0.25) is 0 Å². The van der Waals surface area contributed by atoms with E-state index in [4.69, 9.17) is 10.00 Å². The number of carbonyl (C=O) groups is 2. The van der Waals surface area contributed by atoms with Crippen LogP contribution < -0.4 is 5.32 Å². The van der Waals surface area contributed by atoms with E-state index < -0.39 is 11.9 Å². The van der Waals surface area contributed by atoms with Gasteiger partial charge in [0.25, 0.3) is 5.91 Å². The third-order valence-electron chi connectivity index (χ3n) is 4.91. The molecule has 0 bridgehead atoms. The van der Waals surface area contributed by atoms with Gasteiger partial charge in [0.2, 0.25) is 0 Å². The van der Waals surface area contributed by atoms with E-state index >= 15 is 0 Å². The van der Waals surface area contributed by atoms with E-state index in [2.05, 4.69) is 11.4 Å². The number of carbonyl (C=O) groups excluding carboxylic acids is 2. The highest BCUT2D eigenvalue weighted by Crippen LogP contribution is 2.23. The fourth-order valence-electron chi connectivity index (χ4n) is 3.18. The topological polar surface area (TPSA) is 84.1 Å². The van der Waals surface area contributed by atoms with Gasteiger partial charge >= 0.3 is 5.97 Å². The largest absolute Gasteiger partial charge is 0.452 e. The average molecular weight is 401 g/mol. The van der Waals surface area contributed by atoms with Gasteiger partial charge < -0.3 is 14.6 Å². The number of aryl methyl sites for hydroxylation is 2. The molecular formula is C24H23N3O3. The number of fused-ring (bicyclic) bond motifs is 1. The van der Waals surface area contributed by atoms with Gasteiger partial charge in [0, 0.05) is 41.0 Å². The molecule has 0 radical (unpaired) electrons. The molecule has 3 rings (SSSR count). The lowest BCUT2D eigenvalue weighted by Gasteiger charge is -2.10. The number of anilines is 1. The van der Waals surface area contributed by atoms with Crippen LogP contribution >= 0.6 is 0 Å². The molecule has 0 saturated carbocycles. The molecule has 0 aliphatic rings. The molecule has 1 heterocycles. The van der Waals surface area contributed by atoms with E-state index in [1.165, 1.54) is 6.08 Å². The molecule has 6 nitrogen and oxygen atoms in total. The molecule has 152 valence electrons. The zero-order chi connectivity index (χ0) is 21.5. The molecule has 3 aromatic rings. The average Bonchev–Trinajstić information content (AvgIpc) is 3.10. The van der Waals surface area contributed by atoms with Gasteiger partial charge in [-0.25, -0.2) is 4.79 Å². The summed E-state index contributed by atoms with van der Waals surface area (Å²) in [6, 6.07) is 15.6. The van der Waals surface area contributed by atoms with Crippen LogP contribution in [0, 0.1) is 25.2 Å². The summed E-state index contributed by atoms with van der Waals surface area (Å²) in [4.78, 5) is 24.2. The van der Waals surface area contributed by atoms with Crippen LogP contribution in [0.5, 0.6) is 0 Å². The van der Waals surface area contributed by atoms with Gasteiger partial charge in [0.1, 0.15) is 0 Å². The van der Waals surface area contributed by atoms with E-state index in [1.807, 2.05) is 67.1 Å². The number of esters is 1. The second-order valence-electron chi connectivity index (χ2n) is 6.94. The van der Waals surface area contributed by atoms with Gasteiger partial charge in [-0.3, -0.25) is 4.79 Å². The molecule has 0 unspecified atom stereocenters. The summed E-state index contributed by atoms with van der Waals surface area (Å²) in [6.07, 6.45) is 5.27. The lowest BCUT2D eigenvalue weighted by molar-refractivity contribution is -0.142. The number of para-hydroxylation sites is 1. The summed E-state index contributed by atoms with van der Waals surface area (Å²) < 4.78 is 7.05. The summed E-state index contributed by atoms with van der Waals surface area (Å²) >= 11 is 0. The fraction of sp³-hybridized carbons (Fsp3) is 0.208. The van der Waals surface area contributed by atoms with Crippen molar-refractivity contribution in [2.24, 2.45) is 0 Å². The maximum Gasteiger partial charge on any atom is 0.331 e. The Labute approximate surface area is 175 Å². The van der Waals surface area contributed by atoms with Gasteiger partial charge in [-0.1, -0.05) is 30.3 Å². The minimum atomic E-state index is -0.597. The second-order valence-corrected chi connectivity index (χ2v) is 6.94. The van der Waals surface area contributed by atoms with Crippen LogP contribution in [-0.2, 0) is 20.9 Å². The Kier molecular flexibility index (Phi) is 6.66. The van der Waals surface area contributed by atoms with Crippen LogP contribution in [0.3, 0.4) is 0 Å². The minimum absolute atomic E-state index is 0.361. The number of nitrogens with one attached hydrogen (secondary N) is 1. The second kappa shape index (κ2) is 9.57. The number of aromatic nitrogens is 1. The van der Waals surface area contributed by atoms with Gasteiger partial charge in [-0.2, -0.15) is 5.26 Å². The van der Waals surface area contributed by atoms with E-state index in [1.54, 1.807) is 6.08 Å². The Bertz CT molecular complexity index is 1150. The van der Waals surface area contributed by atoms with Crippen LogP contribution in [0.1, 0.15) is 23.1 Å². The number of ether oxygens (including phenoxy) is 1. The molecule has 30 heavy (non-hydrogen) atoms. The first-order valence-electron chi connectivity index (χ1n) is 9.65. The SMILES string of the molecule is Cc1cccc(NC(=O)COC(=O)/C=C/c2cn(CCC#N)c3ccccc23)c1C. The van der Waals surface area contributed by atoms with Gasteiger partial charge in [0.05, 0.1) is 12.5 Å². The zero-order valence-corrected chi connectivity index (χ0v) is 17.0.